The van der Waals surface area contributed by atoms with Gasteiger partial charge in [-0.3, -0.25) is 10.2 Å². The lowest BCUT2D eigenvalue weighted by molar-refractivity contribution is -0.119. The van der Waals surface area contributed by atoms with E-state index >= 15 is 0 Å². The molecule has 0 atom stereocenters. The Bertz CT molecular complexity index is 762. The molecule has 4 N–H and O–H groups in total. The molecule has 6 heteroatoms. The minimum Gasteiger partial charge on any atom is -0.398 e. The molecule has 1 heterocycles. The number of allylic oxidation sites excluding steroid dienone is 2. The molecule has 126 valence electrons. The van der Waals surface area contributed by atoms with Crippen LogP contribution in [0.1, 0.15) is 38.7 Å². The molecule has 1 saturated heterocycles. The molecule has 5 nitrogen and oxygen atoms in total. The number of nitrogens with two attached hydrogens (primary N) is 1. The number of anilines is 1. The highest BCUT2D eigenvalue weighted by Gasteiger charge is 2.22. The van der Waals surface area contributed by atoms with E-state index in [2.05, 4.69) is 10.3 Å². The number of aliphatic imine (C=N–C) groups is 1. The zero-order valence-corrected chi connectivity index (χ0v) is 13.8. The topological polar surface area (TPSA) is 91.3 Å². The van der Waals surface area contributed by atoms with Gasteiger partial charge in [-0.1, -0.05) is 13.0 Å². The molecule has 0 spiro atoms. The third-order valence-corrected chi connectivity index (χ3v) is 3.80. The van der Waals surface area contributed by atoms with Gasteiger partial charge in [-0.25, -0.2) is 9.38 Å². The number of amidine groups is 1. The van der Waals surface area contributed by atoms with E-state index in [1.54, 1.807) is 13.1 Å². The Morgan fingerprint density at radius 1 is 1.46 bits per heavy atom. The highest BCUT2D eigenvalue weighted by molar-refractivity contribution is 6.20. The van der Waals surface area contributed by atoms with Crippen LogP contribution in [0.4, 0.5) is 10.1 Å². The van der Waals surface area contributed by atoms with Gasteiger partial charge in [0, 0.05) is 29.4 Å². The van der Waals surface area contributed by atoms with E-state index in [9.17, 15) is 9.18 Å². The van der Waals surface area contributed by atoms with Crippen molar-refractivity contribution < 1.29 is 9.18 Å². The first-order chi connectivity index (χ1) is 11.4. The smallest absolute Gasteiger partial charge is 0.225 e. The van der Waals surface area contributed by atoms with Crippen LogP contribution in [0.5, 0.6) is 0 Å². The van der Waals surface area contributed by atoms with Crippen molar-refractivity contribution in [1.82, 2.24) is 5.32 Å². The summed E-state index contributed by atoms with van der Waals surface area (Å²) in [5.41, 5.74) is 8.16. The number of carbonyl (C=O) groups is 1. The second-order valence-corrected chi connectivity index (χ2v) is 5.53. The van der Waals surface area contributed by atoms with Crippen molar-refractivity contribution in [3.63, 3.8) is 0 Å². The summed E-state index contributed by atoms with van der Waals surface area (Å²) in [5.74, 6) is -0.0758. The van der Waals surface area contributed by atoms with Gasteiger partial charge >= 0.3 is 0 Å². The SMILES string of the molecule is CC/C=C/N=C1\NC(=O)CC\C1=C(\C)C(=N)c1ccc(F)cc1N. The number of rotatable bonds is 4. The summed E-state index contributed by atoms with van der Waals surface area (Å²) in [5, 5.41) is 11.1. The quantitative estimate of drug-likeness (QED) is 0.584. The summed E-state index contributed by atoms with van der Waals surface area (Å²) in [6.07, 6.45) is 5.20. The van der Waals surface area contributed by atoms with E-state index in [0.29, 0.717) is 29.8 Å². The Labute approximate surface area is 140 Å². The number of nitrogen functional groups attached to an aromatic ring is 1. The van der Waals surface area contributed by atoms with Gasteiger partial charge in [0.05, 0.1) is 5.71 Å². The summed E-state index contributed by atoms with van der Waals surface area (Å²) in [4.78, 5) is 15.9. The highest BCUT2D eigenvalue weighted by atomic mass is 19.1. The van der Waals surface area contributed by atoms with Crippen LogP contribution in [0.2, 0.25) is 0 Å². The monoisotopic (exact) mass is 328 g/mol. The number of benzene rings is 1. The molecule has 0 unspecified atom stereocenters. The molecule has 1 fully saturated rings. The maximum absolute atomic E-state index is 13.2. The molecule has 0 aliphatic carbocycles. The first-order valence-corrected chi connectivity index (χ1v) is 7.81. The van der Waals surface area contributed by atoms with E-state index in [0.717, 1.165) is 12.0 Å². The predicted octanol–water partition coefficient (Wildman–Crippen LogP) is 3.32. The van der Waals surface area contributed by atoms with Gasteiger partial charge in [-0.15, -0.1) is 0 Å². The number of carbonyl (C=O) groups excluding carboxylic acids is 1. The normalized spacial score (nSPS) is 18.8. The van der Waals surface area contributed by atoms with Crippen LogP contribution in [0.3, 0.4) is 0 Å². The minimum absolute atomic E-state index is 0.0944. The average Bonchev–Trinajstić information content (AvgIpc) is 2.54. The van der Waals surface area contributed by atoms with Crippen LogP contribution in [-0.2, 0) is 4.79 Å². The van der Waals surface area contributed by atoms with Crippen molar-refractivity contribution in [3.05, 3.63) is 53.0 Å². The zero-order chi connectivity index (χ0) is 17.7. The predicted molar refractivity (Wildman–Crippen MR) is 94.6 cm³/mol. The molecule has 1 amide bonds. The fourth-order valence-electron chi connectivity index (χ4n) is 2.45. The number of hydrogen-bond acceptors (Lipinski definition) is 4. The summed E-state index contributed by atoms with van der Waals surface area (Å²) < 4.78 is 13.2. The molecular weight excluding hydrogens is 307 g/mol. The third-order valence-electron chi connectivity index (χ3n) is 3.80. The van der Waals surface area contributed by atoms with Gasteiger partial charge in [-0.2, -0.15) is 0 Å². The number of piperidine rings is 1. The van der Waals surface area contributed by atoms with E-state index in [4.69, 9.17) is 11.1 Å². The van der Waals surface area contributed by atoms with Crippen molar-refractivity contribution in [2.45, 2.75) is 33.1 Å². The molecule has 0 bridgehead atoms. The van der Waals surface area contributed by atoms with Gasteiger partial charge < -0.3 is 11.1 Å². The molecule has 0 radical (unpaired) electrons. The van der Waals surface area contributed by atoms with Crippen molar-refractivity contribution >= 4 is 23.1 Å². The summed E-state index contributed by atoms with van der Waals surface area (Å²) >= 11 is 0. The fraction of sp³-hybridized carbons (Fsp3) is 0.278. The number of halogens is 1. The van der Waals surface area contributed by atoms with E-state index < -0.39 is 5.82 Å². The Balaban J connectivity index is 2.42. The number of nitrogens with zero attached hydrogens (tertiary/aromatic N) is 1. The zero-order valence-electron chi connectivity index (χ0n) is 13.8. The van der Waals surface area contributed by atoms with Crippen molar-refractivity contribution in [3.8, 4) is 0 Å². The maximum Gasteiger partial charge on any atom is 0.225 e. The van der Waals surface area contributed by atoms with Gasteiger partial charge in [-0.05, 0) is 43.5 Å². The summed E-state index contributed by atoms with van der Waals surface area (Å²) in [6, 6.07) is 3.97. The first-order valence-electron chi connectivity index (χ1n) is 7.81. The molecule has 0 saturated carbocycles. The van der Waals surface area contributed by atoms with Crippen molar-refractivity contribution in [2.75, 3.05) is 5.73 Å². The number of nitrogens with one attached hydrogen (secondary N) is 2. The van der Waals surface area contributed by atoms with E-state index in [1.165, 1.54) is 18.2 Å². The lowest BCUT2D eigenvalue weighted by Gasteiger charge is -2.21. The highest BCUT2D eigenvalue weighted by Crippen LogP contribution is 2.23. The molecule has 1 aromatic rings. The van der Waals surface area contributed by atoms with E-state index in [1.807, 2.05) is 13.0 Å². The summed E-state index contributed by atoms with van der Waals surface area (Å²) in [7, 11) is 0. The van der Waals surface area contributed by atoms with Gasteiger partial charge in [0.25, 0.3) is 0 Å². The second-order valence-electron chi connectivity index (χ2n) is 5.53. The van der Waals surface area contributed by atoms with Crippen LogP contribution in [0.15, 0.2) is 46.6 Å². The molecular formula is C18H21FN4O. The van der Waals surface area contributed by atoms with Crippen LogP contribution in [0.25, 0.3) is 0 Å². The molecule has 2 rings (SSSR count). The maximum atomic E-state index is 13.2. The average molecular weight is 328 g/mol. The molecule has 1 aliphatic heterocycles. The molecule has 1 aromatic carbocycles. The Kier molecular flexibility index (Phi) is 5.63. The fourth-order valence-corrected chi connectivity index (χ4v) is 2.45. The second kappa shape index (κ2) is 7.68. The molecule has 0 aromatic heterocycles. The Morgan fingerprint density at radius 3 is 2.88 bits per heavy atom. The number of hydrogen-bond donors (Lipinski definition) is 3. The minimum atomic E-state index is -0.439. The Morgan fingerprint density at radius 2 is 2.21 bits per heavy atom. The van der Waals surface area contributed by atoms with Gasteiger partial charge in [0.1, 0.15) is 11.7 Å². The van der Waals surface area contributed by atoms with Crippen LogP contribution in [-0.4, -0.2) is 17.5 Å². The van der Waals surface area contributed by atoms with Crippen LogP contribution < -0.4 is 11.1 Å². The van der Waals surface area contributed by atoms with Crippen molar-refractivity contribution in [2.24, 2.45) is 4.99 Å². The van der Waals surface area contributed by atoms with Crippen LogP contribution in [0, 0.1) is 11.2 Å². The summed E-state index contributed by atoms with van der Waals surface area (Å²) in [6.45, 7) is 3.78. The first kappa shape index (κ1) is 17.6. The third kappa shape index (κ3) is 3.95. The molecule has 1 aliphatic rings. The largest absolute Gasteiger partial charge is 0.398 e. The van der Waals surface area contributed by atoms with E-state index in [-0.39, 0.29) is 17.3 Å². The molecule has 24 heavy (non-hydrogen) atoms. The van der Waals surface area contributed by atoms with Crippen LogP contribution >= 0.6 is 0 Å². The number of amides is 1. The Hall–Kier alpha value is -2.76. The lowest BCUT2D eigenvalue weighted by Crippen LogP contribution is -2.37. The standard InChI is InChI=1S/C18H21FN4O/c1-3-4-9-22-18-13(7-8-16(24)23-18)11(2)17(21)14-6-5-12(19)10-15(14)20/h4-6,9-10,21H,3,7-8,20H2,1-2H3,(H,22,23,24)/b9-4+,13-11+,21-17?. The van der Waals surface area contributed by atoms with Gasteiger partial charge in [0.2, 0.25) is 5.91 Å². The van der Waals surface area contributed by atoms with Gasteiger partial charge in [0.15, 0.2) is 0 Å². The lowest BCUT2D eigenvalue weighted by atomic mass is 9.93. The van der Waals surface area contributed by atoms with Crippen molar-refractivity contribution in [1.29, 1.82) is 5.41 Å².